The molecular weight excluding hydrogens is 276 g/mol. The molecule has 0 saturated heterocycles. The normalized spacial score (nSPS) is 10.7. The lowest BCUT2D eigenvalue weighted by atomic mass is 10.2. The average Bonchev–Trinajstić information content (AvgIpc) is 2.71. The second-order valence-corrected chi connectivity index (χ2v) is 5.30. The van der Waals surface area contributed by atoms with E-state index in [1.165, 1.54) is 11.8 Å². The molecule has 0 spiro atoms. The van der Waals surface area contributed by atoms with E-state index >= 15 is 0 Å². The number of hydrogen-bond donors (Lipinski definition) is 3. The molecule has 2 aromatic rings. The maximum atomic E-state index is 11.6. The van der Waals surface area contributed by atoms with E-state index in [2.05, 4.69) is 15.2 Å². The Hall–Kier alpha value is -2.09. The van der Waals surface area contributed by atoms with Gasteiger partial charge in [0.05, 0.1) is 0 Å². The molecule has 0 aliphatic rings. The molecule has 0 aliphatic heterocycles. The molecular formula is C12H16N6OS. The SMILES string of the molecule is CCCn1c(Sc2cc(C(=N)N)cc(C)n2)n[nH]c1=O. The molecule has 2 rings (SSSR count). The van der Waals surface area contributed by atoms with Gasteiger partial charge in [0.25, 0.3) is 0 Å². The molecule has 2 heterocycles. The largest absolute Gasteiger partial charge is 0.384 e. The summed E-state index contributed by atoms with van der Waals surface area (Å²) in [5, 5.41) is 15.1. The summed E-state index contributed by atoms with van der Waals surface area (Å²) in [6.07, 6.45) is 0.840. The summed E-state index contributed by atoms with van der Waals surface area (Å²) in [5.74, 6) is -0.00896. The van der Waals surface area contributed by atoms with Gasteiger partial charge < -0.3 is 5.73 Å². The van der Waals surface area contributed by atoms with E-state index in [4.69, 9.17) is 11.1 Å². The molecule has 2 aromatic heterocycles. The van der Waals surface area contributed by atoms with Crippen molar-refractivity contribution >= 4 is 17.6 Å². The molecule has 20 heavy (non-hydrogen) atoms. The van der Waals surface area contributed by atoms with Crippen LogP contribution in [0.5, 0.6) is 0 Å². The monoisotopic (exact) mass is 292 g/mol. The topological polar surface area (TPSA) is 113 Å². The number of aryl methyl sites for hydroxylation is 1. The van der Waals surface area contributed by atoms with Crippen LogP contribution in [0.4, 0.5) is 0 Å². The summed E-state index contributed by atoms with van der Waals surface area (Å²) < 4.78 is 1.57. The van der Waals surface area contributed by atoms with Crippen molar-refractivity contribution in [3.05, 3.63) is 33.9 Å². The van der Waals surface area contributed by atoms with Gasteiger partial charge in [0, 0.05) is 17.8 Å². The van der Waals surface area contributed by atoms with Crippen LogP contribution in [-0.2, 0) is 6.54 Å². The standard InChI is InChI=1S/C12H16N6OS/c1-3-4-18-11(19)16-17-12(18)20-9-6-8(10(13)14)5-7(2)15-9/h5-6H,3-4H2,1-2H3,(H3,13,14)(H,16,19). The number of nitrogen functional groups attached to an aromatic ring is 1. The smallest absolute Gasteiger partial charge is 0.343 e. The number of hydrogen-bond acceptors (Lipinski definition) is 5. The van der Waals surface area contributed by atoms with Gasteiger partial charge in [-0.3, -0.25) is 9.98 Å². The van der Waals surface area contributed by atoms with Crippen molar-refractivity contribution in [2.24, 2.45) is 5.73 Å². The Morgan fingerprint density at radius 2 is 2.30 bits per heavy atom. The van der Waals surface area contributed by atoms with E-state index in [1.807, 2.05) is 13.8 Å². The summed E-state index contributed by atoms with van der Waals surface area (Å²) in [7, 11) is 0. The molecule has 0 amide bonds. The minimum Gasteiger partial charge on any atom is -0.384 e. The van der Waals surface area contributed by atoms with E-state index in [0.29, 0.717) is 22.3 Å². The first-order valence-corrected chi connectivity index (χ1v) is 6.99. The fourth-order valence-corrected chi connectivity index (χ4v) is 2.68. The van der Waals surface area contributed by atoms with E-state index in [-0.39, 0.29) is 11.5 Å². The zero-order valence-corrected chi connectivity index (χ0v) is 12.1. The molecule has 4 N–H and O–H groups in total. The summed E-state index contributed by atoms with van der Waals surface area (Å²) in [6, 6.07) is 3.46. The summed E-state index contributed by atoms with van der Waals surface area (Å²) in [4.78, 5) is 16.0. The van der Waals surface area contributed by atoms with Gasteiger partial charge in [0.1, 0.15) is 10.9 Å². The third-order valence-electron chi connectivity index (χ3n) is 2.61. The van der Waals surface area contributed by atoms with E-state index in [1.54, 1.807) is 16.7 Å². The van der Waals surface area contributed by atoms with Crippen LogP contribution in [0.1, 0.15) is 24.6 Å². The predicted octanol–water partition coefficient (Wildman–Crippen LogP) is 1.12. The average molecular weight is 292 g/mol. The van der Waals surface area contributed by atoms with Crippen molar-refractivity contribution in [1.29, 1.82) is 5.41 Å². The second-order valence-electron chi connectivity index (χ2n) is 4.31. The number of H-pyrrole nitrogens is 1. The van der Waals surface area contributed by atoms with Crippen LogP contribution in [0.3, 0.4) is 0 Å². The third-order valence-corrected chi connectivity index (χ3v) is 3.52. The molecule has 8 heteroatoms. The number of amidine groups is 1. The van der Waals surface area contributed by atoms with Crippen LogP contribution in [0, 0.1) is 12.3 Å². The lowest BCUT2D eigenvalue weighted by molar-refractivity contribution is 0.603. The summed E-state index contributed by atoms with van der Waals surface area (Å²) >= 11 is 1.28. The highest BCUT2D eigenvalue weighted by atomic mass is 32.2. The van der Waals surface area contributed by atoms with Gasteiger partial charge >= 0.3 is 5.69 Å². The third kappa shape index (κ3) is 3.08. The van der Waals surface area contributed by atoms with Crippen molar-refractivity contribution in [1.82, 2.24) is 19.7 Å². The fourth-order valence-electron chi connectivity index (χ4n) is 1.74. The summed E-state index contributed by atoms with van der Waals surface area (Å²) in [5.41, 5.74) is 6.64. The Kier molecular flexibility index (Phi) is 4.23. The number of rotatable bonds is 5. The van der Waals surface area contributed by atoms with Crippen LogP contribution in [0.15, 0.2) is 27.1 Å². The number of aromatic nitrogens is 4. The van der Waals surface area contributed by atoms with Crippen LogP contribution in [0.2, 0.25) is 0 Å². The minimum absolute atomic E-state index is 0.00896. The molecule has 0 bridgehead atoms. The lowest BCUT2D eigenvalue weighted by Crippen LogP contribution is -2.17. The van der Waals surface area contributed by atoms with E-state index < -0.39 is 0 Å². The van der Waals surface area contributed by atoms with E-state index in [0.717, 1.165) is 12.1 Å². The Labute approximate surface area is 120 Å². The number of nitrogens with two attached hydrogens (primary N) is 1. The van der Waals surface area contributed by atoms with Gasteiger partial charge in [-0.05, 0) is 37.2 Å². The van der Waals surface area contributed by atoms with Gasteiger partial charge in [-0.15, -0.1) is 5.10 Å². The van der Waals surface area contributed by atoms with Crippen LogP contribution in [-0.4, -0.2) is 25.6 Å². The molecule has 0 saturated carbocycles. The van der Waals surface area contributed by atoms with Crippen LogP contribution in [0.25, 0.3) is 0 Å². The zero-order chi connectivity index (χ0) is 14.7. The molecule has 0 aliphatic carbocycles. The van der Waals surface area contributed by atoms with Gasteiger partial charge in [0.2, 0.25) is 0 Å². The van der Waals surface area contributed by atoms with Crippen molar-refractivity contribution in [3.8, 4) is 0 Å². The number of aromatic amines is 1. The highest BCUT2D eigenvalue weighted by molar-refractivity contribution is 7.99. The molecule has 0 radical (unpaired) electrons. The van der Waals surface area contributed by atoms with Crippen molar-refractivity contribution in [2.75, 3.05) is 0 Å². The molecule has 0 unspecified atom stereocenters. The van der Waals surface area contributed by atoms with Gasteiger partial charge in [0.15, 0.2) is 5.16 Å². The maximum Gasteiger partial charge on any atom is 0.343 e. The highest BCUT2D eigenvalue weighted by Gasteiger charge is 2.11. The first-order chi connectivity index (χ1) is 9.51. The van der Waals surface area contributed by atoms with E-state index in [9.17, 15) is 4.79 Å². The van der Waals surface area contributed by atoms with Crippen LogP contribution < -0.4 is 11.4 Å². The van der Waals surface area contributed by atoms with Crippen molar-refractivity contribution in [2.45, 2.75) is 37.0 Å². The molecule has 0 atom stereocenters. The molecule has 0 fully saturated rings. The molecule has 106 valence electrons. The Bertz CT molecular complexity index is 689. The van der Waals surface area contributed by atoms with Crippen molar-refractivity contribution in [3.63, 3.8) is 0 Å². The number of nitrogens with zero attached hydrogens (tertiary/aromatic N) is 3. The first kappa shape index (κ1) is 14.3. The zero-order valence-electron chi connectivity index (χ0n) is 11.3. The fraction of sp³-hybridized carbons (Fsp3) is 0.333. The van der Waals surface area contributed by atoms with Crippen molar-refractivity contribution < 1.29 is 0 Å². The minimum atomic E-state index is -0.228. The lowest BCUT2D eigenvalue weighted by Gasteiger charge is -2.06. The predicted molar refractivity (Wildman–Crippen MR) is 77.3 cm³/mol. The molecule has 0 aromatic carbocycles. The quantitative estimate of drug-likeness (QED) is 0.564. The van der Waals surface area contributed by atoms with Crippen LogP contribution >= 0.6 is 11.8 Å². The number of pyridine rings is 1. The summed E-state index contributed by atoms with van der Waals surface area (Å²) in [6.45, 7) is 4.43. The first-order valence-electron chi connectivity index (χ1n) is 6.17. The number of nitrogens with one attached hydrogen (secondary N) is 2. The highest BCUT2D eigenvalue weighted by Crippen LogP contribution is 2.24. The molecule has 7 nitrogen and oxygen atoms in total. The second kappa shape index (κ2) is 5.91. The Balaban J connectivity index is 2.35. The Morgan fingerprint density at radius 1 is 1.55 bits per heavy atom. The Morgan fingerprint density at radius 3 is 2.95 bits per heavy atom. The van der Waals surface area contributed by atoms with Gasteiger partial charge in [-0.1, -0.05) is 6.92 Å². The van der Waals surface area contributed by atoms with Gasteiger partial charge in [-0.2, -0.15) is 0 Å². The maximum absolute atomic E-state index is 11.6. The van der Waals surface area contributed by atoms with Gasteiger partial charge in [-0.25, -0.2) is 14.9 Å².